The summed E-state index contributed by atoms with van der Waals surface area (Å²) < 4.78 is 1.40. The van der Waals surface area contributed by atoms with E-state index in [4.69, 9.17) is 23.2 Å². The summed E-state index contributed by atoms with van der Waals surface area (Å²) in [4.78, 5) is 26.7. The van der Waals surface area contributed by atoms with Gasteiger partial charge in [0.15, 0.2) is 5.82 Å². The van der Waals surface area contributed by atoms with Crippen molar-refractivity contribution in [3.05, 3.63) is 80.2 Å². The topological polar surface area (TPSA) is 110 Å². The van der Waals surface area contributed by atoms with Crippen molar-refractivity contribution in [2.24, 2.45) is 0 Å². The SMILES string of the molecule is Cc1ncc([N+](=O)[O-])n1CCC(C(=O)O)c1ccccc1Nc1c(Cl)cccc1Cl. The quantitative estimate of drug-likeness (QED) is 0.352. The van der Waals surface area contributed by atoms with Crippen molar-refractivity contribution in [3.63, 3.8) is 0 Å². The summed E-state index contributed by atoms with van der Waals surface area (Å²) in [6.07, 6.45) is 1.29. The Labute approximate surface area is 182 Å². The van der Waals surface area contributed by atoms with Crippen LogP contribution in [0.25, 0.3) is 0 Å². The molecule has 156 valence electrons. The van der Waals surface area contributed by atoms with Crippen LogP contribution in [0.2, 0.25) is 10.0 Å². The van der Waals surface area contributed by atoms with Crippen LogP contribution < -0.4 is 5.32 Å². The number of anilines is 2. The molecule has 10 heteroatoms. The Balaban J connectivity index is 1.92. The van der Waals surface area contributed by atoms with Gasteiger partial charge in [-0.3, -0.25) is 4.79 Å². The van der Waals surface area contributed by atoms with Gasteiger partial charge in [-0.2, -0.15) is 0 Å². The van der Waals surface area contributed by atoms with E-state index in [1.165, 1.54) is 10.8 Å². The second-order valence-corrected chi connectivity index (χ2v) is 7.38. The third kappa shape index (κ3) is 4.55. The van der Waals surface area contributed by atoms with E-state index < -0.39 is 16.8 Å². The average molecular weight is 449 g/mol. The van der Waals surface area contributed by atoms with Gasteiger partial charge in [0.1, 0.15) is 6.20 Å². The number of hydrogen-bond donors (Lipinski definition) is 2. The first-order valence-corrected chi connectivity index (χ1v) is 9.74. The predicted molar refractivity (Wildman–Crippen MR) is 115 cm³/mol. The van der Waals surface area contributed by atoms with E-state index in [2.05, 4.69) is 10.3 Å². The molecule has 0 amide bonds. The summed E-state index contributed by atoms with van der Waals surface area (Å²) in [5.74, 6) is -1.70. The van der Waals surface area contributed by atoms with Crippen molar-refractivity contribution in [1.82, 2.24) is 9.55 Å². The molecule has 0 spiro atoms. The number of halogens is 2. The van der Waals surface area contributed by atoms with Crippen LogP contribution in [0.5, 0.6) is 0 Å². The summed E-state index contributed by atoms with van der Waals surface area (Å²) >= 11 is 12.5. The third-order valence-electron chi connectivity index (χ3n) is 4.72. The minimum atomic E-state index is -1.05. The highest BCUT2D eigenvalue weighted by molar-refractivity contribution is 6.39. The van der Waals surface area contributed by atoms with E-state index in [-0.39, 0.29) is 18.8 Å². The fourth-order valence-electron chi connectivity index (χ4n) is 3.22. The molecule has 2 aromatic carbocycles. The molecule has 0 fully saturated rings. The number of carboxylic acids is 1. The van der Waals surface area contributed by atoms with Crippen molar-refractivity contribution < 1.29 is 14.8 Å². The van der Waals surface area contributed by atoms with Crippen LogP contribution in [0, 0.1) is 17.0 Å². The second kappa shape index (κ2) is 9.15. The molecule has 0 aliphatic rings. The number of para-hydroxylation sites is 2. The molecule has 0 saturated carbocycles. The molecule has 1 heterocycles. The van der Waals surface area contributed by atoms with Gasteiger partial charge in [0.25, 0.3) is 0 Å². The van der Waals surface area contributed by atoms with Crippen molar-refractivity contribution in [3.8, 4) is 0 Å². The zero-order chi connectivity index (χ0) is 21.8. The van der Waals surface area contributed by atoms with Crippen LogP contribution in [-0.4, -0.2) is 25.6 Å². The minimum absolute atomic E-state index is 0.125. The zero-order valence-electron chi connectivity index (χ0n) is 15.9. The summed E-state index contributed by atoms with van der Waals surface area (Å²) in [5.41, 5.74) is 1.52. The molecule has 0 aliphatic carbocycles. The summed E-state index contributed by atoms with van der Waals surface area (Å²) in [6.45, 7) is 1.76. The number of carbonyl (C=O) groups is 1. The van der Waals surface area contributed by atoms with Gasteiger partial charge < -0.3 is 20.5 Å². The fourth-order valence-corrected chi connectivity index (χ4v) is 3.71. The molecule has 0 saturated heterocycles. The van der Waals surface area contributed by atoms with Gasteiger partial charge in [0.2, 0.25) is 0 Å². The average Bonchev–Trinajstić information content (AvgIpc) is 3.06. The largest absolute Gasteiger partial charge is 0.481 e. The monoisotopic (exact) mass is 448 g/mol. The Bertz CT molecular complexity index is 1080. The molecule has 3 aromatic rings. The molecule has 0 radical (unpaired) electrons. The van der Waals surface area contributed by atoms with Crippen molar-refractivity contribution >= 4 is 46.4 Å². The number of aryl methyl sites for hydroxylation is 1. The van der Waals surface area contributed by atoms with E-state index in [9.17, 15) is 20.0 Å². The van der Waals surface area contributed by atoms with Gasteiger partial charge in [-0.05, 0) is 28.7 Å². The lowest BCUT2D eigenvalue weighted by Crippen LogP contribution is -2.17. The number of imidazole rings is 1. The molecular formula is C20H18Cl2N4O4. The normalized spacial score (nSPS) is 11.8. The highest BCUT2D eigenvalue weighted by Crippen LogP contribution is 2.36. The number of nitro groups is 1. The first-order valence-electron chi connectivity index (χ1n) is 8.99. The molecule has 1 unspecified atom stereocenters. The highest BCUT2D eigenvalue weighted by Gasteiger charge is 2.26. The standard InChI is InChI=1S/C20H18Cl2N4O4/c1-12-23-11-18(26(29)30)25(12)10-9-14(20(27)28)13-5-2-3-8-17(13)24-19-15(21)6-4-7-16(19)22/h2-8,11,14,24H,9-10H2,1H3,(H,27,28). The van der Waals surface area contributed by atoms with Crippen LogP contribution in [-0.2, 0) is 11.3 Å². The minimum Gasteiger partial charge on any atom is -0.481 e. The molecule has 1 atom stereocenters. The van der Waals surface area contributed by atoms with Gasteiger partial charge in [-0.25, -0.2) is 9.55 Å². The first-order chi connectivity index (χ1) is 14.3. The van der Waals surface area contributed by atoms with E-state index in [0.29, 0.717) is 32.8 Å². The van der Waals surface area contributed by atoms with Gasteiger partial charge in [0.05, 0.1) is 28.2 Å². The van der Waals surface area contributed by atoms with Crippen LogP contribution in [0.1, 0.15) is 23.7 Å². The van der Waals surface area contributed by atoms with Gasteiger partial charge >= 0.3 is 11.8 Å². The van der Waals surface area contributed by atoms with Gasteiger partial charge in [-0.15, -0.1) is 0 Å². The highest BCUT2D eigenvalue weighted by atomic mass is 35.5. The van der Waals surface area contributed by atoms with Gasteiger partial charge in [-0.1, -0.05) is 47.5 Å². The number of benzene rings is 2. The number of hydrogen-bond acceptors (Lipinski definition) is 5. The summed E-state index contributed by atoms with van der Waals surface area (Å²) in [5, 5.41) is 25.0. The maximum Gasteiger partial charge on any atom is 0.342 e. The van der Waals surface area contributed by atoms with Crippen molar-refractivity contribution in [2.75, 3.05) is 5.32 Å². The first kappa shape index (κ1) is 21.6. The fraction of sp³-hybridized carbons (Fsp3) is 0.200. The number of aliphatic carboxylic acids is 1. The van der Waals surface area contributed by atoms with E-state index in [0.717, 1.165) is 0 Å². The molecule has 8 nitrogen and oxygen atoms in total. The third-order valence-corrected chi connectivity index (χ3v) is 5.35. The Morgan fingerprint density at radius 3 is 2.53 bits per heavy atom. The Kier molecular flexibility index (Phi) is 6.59. The second-order valence-electron chi connectivity index (χ2n) is 6.56. The lowest BCUT2D eigenvalue weighted by molar-refractivity contribution is -0.392. The Morgan fingerprint density at radius 1 is 1.23 bits per heavy atom. The molecular weight excluding hydrogens is 431 g/mol. The summed E-state index contributed by atoms with van der Waals surface area (Å²) in [7, 11) is 0. The molecule has 3 rings (SSSR count). The predicted octanol–water partition coefficient (Wildman–Crippen LogP) is 5.41. The Morgan fingerprint density at radius 2 is 1.90 bits per heavy atom. The zero-order valence-corrected chi connectivity index (χ0v) is 17.4. The van der Waals surface area contributed by atoms with Crippen LogP contribution in [0.4, 0.5) is 17.2 Å². The lowest BCUT2D eigenvalue weighted by Gasteiger charge is -2.19. The molecule has 1 aromatic heterocycles. The maximum atomic E-state index is 12.1. The number of aromatic nitrogens is 2. The number of nitrogens with zero attached hydrogens (tertiary/aromatic N) is 3. The van der Waals surface area contributed by atoms with E-state index in [1.54, 1.807) is 49.4 Å². The van der Waals surface area contributed by atoms with E-state index in [1.807, 2.05) is 0 Å². The molecule has 0 bridgehead atoms. The van der Waals surface area contributed by atoms with E-state index >= 15 is 0 Å². The molecule has 0 aliphatic heterocycles. The number of carboxylic acid groups (broad SMARTS) is 1. The van der Waals surface area contributed by atoms with Gasteiger partial charge in [0, 0.05) is 19.0 Å². The number of rotatable bonds is 8. The smallest absolute Gasteiger partial charge is 0.342 e. The maximum absolute atomic E-state index is 12.1. The Hall–Kier alpha value is -3.10. The summed E-state index contributed by atoms with van der Waals surface area (Å²) in [6, 6.07) is 12.0. The molecule has 30 heavy (non-hydrogen) atoms. The van der Waals surface area contributed by atoms with Crippen molar-refractivity contribution in [1.29, 1.82) is 0 Å². The van der Waals surface area contributed by atoms with Crippen molar-refractivity contribution in [2.45, 2.75) is 25.8 Å². The van der Waals surface area contributed by atoms with Crippen LogP contribution in [0.3, 0.4) is 0 Å². The van der Waals surface area contributed by atoms with Crippen LogP contribution in [0.15, 0.2) is 48.7 Å². The molecule has 2 N–H and O–H groups in total. The number of nitrogens with one attached hydrogen (secondary N) is 1. The van der Waals surface area contributed by atoms with Crippen LogP contribution >= 0.6 is 23.2 Å². The lowest BCUT2D eigenvalue weighted by atomic mass is 9.94.